The zero-order valence-electron chi connectivity index (χ0n) is 8.22. The summed E-state index contributed by atoms with van der Waals surface area (Å²) in [4.78, 5) is 0. The summed E-state index contributed by atoms with van der Waals surface area (Å²) in [5.41, 5.74) is 0. The van der Waals surface area contributed by atoms with Crippen molar-refractivity contribution < 1.29 is 4.74 Å². The number of hydrogen-bond acceptors (Lipinski definition) is 1. The van der Waals surface area contributed by atoms with E-state index in [1.54, 1.807) is 0 Å². The lowest BCUT2D eigenvalue weighted by Gasteiger charge is -2.17. The maximum atomic E-state index is 5.89. The van der Waals surface area contributed by atoms with Gasteiger partial charge >= 0.3 is 0 Å². The molecule has 0 N–H and O–H groups in total. The van der Waals surface area contributed by atoms with E-state index in [0.717, 1.165) is 6.42 Å². The van der Waals surface area contributed by atoms with E-state index in [4.69, 9.17) is 4.74 Å². The van der Waals surface area contributed by atoms with Crippen LogP contribution in [-0.4, -0.2) is 12.2 Å². The monoisotopic (exact) mass is 169 g/mol. The fourth-order valence-electron chi connectivity index (χ4n) is 1.85. The SMILES string of the molecule is [CH2]CCCC(C)OC1CCCC1. The Hall–Kier alpha value is -0.0400. The predicted octanol–water partition coefficient (Wildman–Crippen LogP) is 3.34. The third-order valence-corrected chi connectivity index (χ3v) is 2.59. The van der Waals surface area contributed by atoms with Crippen LogP contribution in [0.5, 0.6) is 0 Å². The number of rotatable bonds is 5. The van der Waals surface area contributed by atoms with E-state index in [1.165, 1.54) is 38.5 Å². The largest absolute Gasteiger partial charge is 0.375 e. The van der Waals surface area contributed by atoms with Crippen LogP contribution in [0.3, 0.4) is 0 Å². The standard InChI is InChI=1S/C11H21O/c1-3-4-7-10(2)12-11-8-5-6-9-11/h10-11H,1,3-9H2,2H3. The molecule has 12 heavy (non-hydrogen) atoms. The van der Waals surface area contributed by atoms with Crippen molar-refractivity contribution in [2.45, 2.75) is 64.1 Å². The average Bonchev–Trinajstić information content (AvgIpc) is 2.53. The van der Waals surface area contributed by atoms with Gasteiger partial charge in [0.05, 0.1) is 12.2 Å². The van der Waals surface area contributed by atoms with Gasteiger partial charge in [-0.05, 0) is 26.2 Å². The van der Waals surface area contributed by atoms with Gasteiger partial charge in [0.15, 0.2) is 0 Å². The van der Waals surface area contributed by atoms with Crippen molar-refractivity contribution in [3.63, 3.8) is 0 Å². The molecule has 1 unspecified atom stereocenters. The summed E-state index contributed by atoms with van der Waals surface area (Å²) in [7, 11) is 0. The first-order chi connectivity index (χ1) is 5.83. The van der Waals surface area contributed by atoms with E-state index < -0.39 is 0 Å². The van der Waals surface area contributed by atoms with Gasteiger partial charge in [-0.3, -0.25) is 0 Å². The van der Waals surface area contributed by atoms with E-state index in [9.17, 15) is 0 Å². The molecule has 1 fully saturated rings. The molecule has 0 aliphatic heterocycles. The first-order valence-electron chi connectivity index (χ1n) is 5.27. The van der Waals surface area contributed by atoms with Gasteiger partial charge in [-0.2, -0.15) is 0 Å². The Morgan fingerprint density at radius 3 is 2.67 bits per heavy atom. The second-order valence-corrected chi connectivity index (χ2v) is 3.85. The zero-order chi connectivity index (χ0) is 8.81. The van der Waals surface area contributed by atoms with E-state index in [0.29, 0.717) is 12.2 Å². The van der Waals surface area contributed by atoms with Gasteiger partial charge in [-0.25, -0.2) is 0 Å². The molecule has 0 spiro atoms. The molecular weight excluding hydrogens is 148 g/mol. The molecule has 1 aliphatic carbocycles. The molecule has 1 atom stereocenters. The fourth-order valence-corrected chi connectivity index (χ4v) is 1.85. The Kier molecular flexibility index (Phi) is 4.67. The minimum Gasteiger partial charge on any atom is -0.375 e. The second-order valence-electron chi connectivity index (χ2n) is 3.85. The van der Waals surface area contributed by atoms with Gasteiger partial charge in [-0.15, -0.1) is 0 Å². The van der Waals surface area contributed by atoms with E-state index >= 15 is 0 Å². The Labute approximate surface area is 76.5 Å². The van der Waals surface area contributed by atoms with Crippen LogP contribution in [0.2, 0.25) is 0 Å². The highest BCUT2D eigenvalue weighted by atomic mass is 16.5. The van der Waals surface area contributed by atoms with E-state index in [1.807, 2.05) is 0 Å². The molecule has 0 aromatic carbocycles. The third-order valence-electron chi connectivity index (χ3n) is 2.59. The molecule has 71 valence electrons. The fraction of sp³-hybridized carbons (Fsp3) is 0.909. The molecule has 1 saturated carbocycles. The molecule has 1 heteroatoms. The lowest BCUT2D eigenvalue weighted by atomic mass is 10.2. The Morgan fingerprint density at radius 2 is 2.08 bits per heavy atom. The van der Waals surface area contributed by atoms with E-state index in [2.05, 4.69) is 13.8 Å². The van der Waals surface area contributed by atoms with Gasteiger partial charge < -0.3 is 4.74 Å². The predicted molar refractivity (Wildman–Crippen MR) is 52.0 cm³/mol. The van der Waals surface area contributed by atoms with Crippen LogP contribution in [-0.2, 0) is 4.74 Å². The normalized spacial score (nSPS) is 21.5. The van der Waals surface area contributed by atoms with Crippen molar-refractivity contribution in [2.75, 3.05) is 0 Å². The molecule has 0 aromatic heterocycles. The van der Waals surface area contributed by atoms with Gasteiger partial charge in [-0.1, -0.05) is 32.6 Å². The number of hydrogen-bond donors (Lipinski definition) is 0. The van der Waals surface area contributed by atoms with Crippen LogP contribution in [0.4, 0.5) is 0 Å². The van der Waals surface area contributed by atoms with Crippen molar-refractivity contribution in [2.24, 2.45) is 0 Å². The van der Waals surface area contributed by atoms with Crippen LogP contribution in [0.1, 0.15) is 51.9 Å². The van der Waals surface area contributed by atoms with E-state index in [-0.39, 0.29) is 0 Å². The molecule has 1 radical (unpaired) electrons. The molecule has 0 bridgehead atoms. The molecule has 0 saturated heterocycles. The first kappa shape index (κ1) is 10.0. The summed E-state index contributed by atoms with van der Waals surface area (Å²) < 4.78 is 5.89. The van der Waals surface area contributed by atoms with Gasteiger partial charge in [0.2, 0.25) is 0 Å². The third kappa shape index (κ3) is 3.57. The van der Waals surface area contributed by atoms with Crippen molar-refractivity contribution in [3.8, 4) is 0 Å². The Balaban J connectivity index is 2.03. The van der Waals surface area contributed by atoms with Crippen LogP contribution in [0.25, 0.3) is 0 Å². The van der Waals surface area contributed by atoms with Crippen molar-refractivity contribution in [1.29, 1.82) is 0 Å². The van der Waals surface area contributed by atoms with Crippen molar-refractivity contribution in [1.82, 2.24) is 0 Å². The minimum absolute atomic E-state index is 0.454. The summed E-state index contributed by atoms with van der Waals surface area (Å²) in [6.45, 7) is 6.02. The molecule has 1 aliphatic rings. The summed E-state index contributed by atoms with van der Waals surface area (Å²) in [6.07, 6.45) is 9.76. The molecule has 0 amide bonds. The topological polar surface area (TPSA) is 9.23 Å². The molecule has 1 rings (SSSR count). The smallest absolute Gasteiger partial charge is 0.0578 e. The van der Waals surface area contributed by atoms with Gasteiger partial charge in [0.25, 0.3) is 0 Å². The number of ether oxygens (including phenoxy) is 1. The summed E-state index contributed by atoms with van der Waals surface area (Å²) >= 11 is 0. The number of unbranched alkanes of at least 4 members (excludes halogenated alkanes) is 1. The maximum absolute atomic E-state index is 5.89. The zero-order valence-corrected chi connectivity index (χ0v) is 8.22. The lowest BCUT2D eigenvalue weighted by molar-refractivity contribution is -0.00251. The van der Waals surface area contributed by atoms with Crippen LogP contribution in [0, 0.1) is 6.92 Å². The van der Waals surface area contributed by atoms with Crippen LogP contribution in [0.15, 0.2) is 0 Å². The first-order valence-corrected chi connectivity index (χ1v) is 5.27. The maximum Gasteiger partial charge on any atom is 0.0578 e. The van der Waals surface area contributed by atoms with Crippen LogP contribution >= 0.6 is 0 Å². The molecule has 0 heterocycles. The lowest BCUT2D eigenvalue weighted by Crippen LogP contribution is -2.16. The summed E-state index contributed by atoms with van der Waals surface area (Å²) in [6, 6.07) is 0. The summed E-state index contributed by atoms with van der Waals surface area (Å²) in [5, 5.41) is 0. The quantitative estimate of drug-likeness (QED) is 0.613. The Bertz CT molecular complexity index is 106. The van der Waals surface area contributed by atoms with Gasteiger partial charge in [0.1, 0.15) is 0 Å². The van der Waals surface area contributed by atoms with Crippen molar-refractivity contribution >= 4 is 0 Å². The van der Waals surface area contributed by atoms with Crippen LogP contribution < -0.4 is 0 Å². The highest BCUT2D eigenvalue weighted by Crippen LogP contribution is 2.23. The minimum atomic E-state index is 0.454. The highest BCUT2D eigenvalue weighted by Gasteiger charge is 2.17. The van der Waals surface area contributed by atoms with Crippen molar-refractivity contribution in [3.05, 3.63) is 6.92 Å². The Morgan fingerprint density at radius 1 is 1.42 bits per heavy atom. The summed E-state index contributed by atoms with van der Waals surface area (Å²) in [5.74, 6) is 0. The molecular formula is C11H21O. The molecule has 1 nitrogen and oxygen atoms in total. The molecule has 0 aromatic rings. The average molecular weight is 169 g/mol. The highest BCUT2D eigenvalue weighted by molar-refractivity contribution is 4.68. The second kappa shape index (κ2) is 5.58. The van der Waals surface area contributed by atoms with Gasteiger partial charge in [0, 0.05) is 0 Å².